The van der Waals surface area contributed by atoms with E-state index in [1.807, 2.05) is 0 Å². The number of nitrogens with zero attached hydrogens (tertiary/aromatic N) is 2. The number of aliphatic hydroxyl groups is 2. The minimum Gasteiger partial charge on any atom is -0.846 e. The third-order valence-electron chi connectivity index (χ3n) is 3.26. The zero-order valence-corrected chi connectivity index (χ0v) is 19.5. The van der Waals surface area contributed by atoms with Gasteiger partial charge in [-0.3, -0.25) is 9.93 Å². The Morgan fingerprint density at radius 2 is 1.73 bits per heavy atom. The van der Waals surface area contributed by atoms with Gasteiger partial charge in [0, 0.05) is 6.20 Å². The second-order valence-corrected chi connectivity index (χ2v) is 9.86. The summed E-state index contributed by atoms with van der Waals surface area (Å²) in [6.45, 7) is -1.03. The van der Waals surface area contributed by atoms with Crippen molar-refractivity contribution in [3.8, 4) is 6.01 Å². The van der Waals surface area contributed by atoms with Crippen molar-refractivity contribution in [3.63, 3.8) is 0 Å². The molecule has 1 aliphatic heterocycles. The van der Waals surface area contributed by atoms with Gasteiger partial charge in [-0.25, -0.2) is 18.7 Å². The van der Waals surface area contributed by atoms with Crippen LogP contribution in [0.1, 0.15) is 6.23 Å². The van der Waals surface area contributed by atoms with Gasteiger partial charge in [-0.1, -0.05) is 0 Å². The molecule has 7 N–H and O–H groups in total. The van der Waals surface area contributed by atoms with Gasteiger partial charge in [-0.2, -0.15) is 8.62 Å². The summed E-state index contributed by atoms with van der Waals surface area (Å²) in [6.07, 6.45) is -5.53. The Hall–Kier alpha value is -0.0300. The van der Waals surface area contributed by atoms with Crippen LogP contribution in [0.25, 0.3) is 0 Å². The van der Waals surface area contributed by atoms with Gasteiger partial charge in [0.15, 0.2) is 6.23 Å². The molecule has 2 heterocycles. The summed E-state index contributed by atoms with van der Waals surface area (Å²) in [5.74, 6) is 0. The molecule has 0 saturated carbocycles. The molecule has 1 aromatic rings. The largest absolute Gasteiger partial charge is 1.00 e. The number of hydrogen-bond donors (Lipinski definition) is 7. The Bertz CT molecular complexity index is 952. The molecule has 0 aromatic carbocycles. The van der Waals surface area contributed by atoms with Crippen LogP contribution >= 0.6 is 23.5 Å². The number of aromatic nitrogens is 2. The molecule has 0 radical (unpaired) electrons. The Labute approximate surface area is 189 Å². The normalized spacial score (nSPS) is 28.3. The fraction of sp³-hybridized carbons (Fsp3) is 0.556. The summed E-state index contributed by atoms with van der Waals surface area (Å²) < 4.78 is 50.7. The molecule has 166 valence electrons. The number of hydrogen-bond acceptors (Lipinski definition) is 12. The third-order valence-corrected chi connectivity index (χ3v) is 7.06. The smallest absolute Gasteiger partial charge is 0.846 e. The van der Waals surface area contributed by atoms with E-state index in [2.05, 4.69) is 18.1 Å². The number of ether oxygens (including phenoxy) is 1. The fourth-order valence-electron chi connectivity index (χ4n) is 2.17. The Kier molecular flexibility index (Phi) is 9.59. The van der Waals surface area contributed by atoms with Crippen LogP contribution in [0.15, 0.2) is 12.3 Å². The van der Waals surface area contributed by atoms with E-state index in [0.29, 0.717) is 0 Å². The average Bonchev–Trinajstić information content (AvgIpc) is 2.78. The van der Waals surface area contributed by atoms with Gasteiger partial charge in [-0.05, 0) is 6.07 Å². The predicted molar refractivity (Wildman–Crippen MR) is 83.3 cm³/mol. The summed E-state index contributed by atoms with van der Waals surface area (Å²) in [5, 5.41) is 38.9. The maximum absolute atomic E-state index is 11.8. The van der Waals surface area contributed by atoms with Crippen molar-refractivity contribution >= 4 is 23.5 Å². The summed E-state index contributed by atoms with van der Waals surface area (Å²) in [7, 11) is -16.7. The van der Waals surface area contributed by atoms with Crippen LogP contribution in [-0.2, 0) is 31.6 Å². The molecule has 0 amide bonds. The minimum absolute atomic E-state index is 0. The van der Waals surface area contributed by atoms with Gasteiger partial charge in [0.2, 0.25) is 0 Å². The van der Waals surface area contributed by atoms with Crippen LogP contribution < -0.4 is 40.2 Å². The number of nitrogens with one attached hydrogen (secondary N) is 1. The van der Waals surface area contributed by atoms with E-state index in [9.17, 15) is 33.9 Å². The zero-order valence-electron chi connectivity index (χ0n) is 14.9. The van der Waals surface area contributed by atoms with Crippen LogP contribution in [0.5, 0.6) is 6.01 Å². The molecule has 0 spiro atoms. The molecule has 1 saturated heterocycles. The quantitative estimate of drug-likeness (QED) is 0.128. The van der Waals surface area contributed by atoms with Crippen molar-refractivity contribution in [1.82, 2.24) is 9.55 Å². The standard InChI is InChI=1S/C9H16N3O14P3.Na/c10-5-1-2-12(9(15)11-5)8-7(14)6(13)4(24-8)3-23-28(19,20)26-29(21,22)25-27(16,17)18;/h1-2,4,6-8,13-14H,3H2,(H,19,20)(H,21,22)(H2,10,11,15)(H2,16,17,18);/q;+1/p-1/t4-,6-,7-,8-;/m1./s1. The van der Waals surface area contributed by atoms with Crippen molar-refractivity contribution in [1.29, 1.82) is 5.41 Å². The van der Waals surface area contributed by atoms with E-state index >= 15 is 0 Å². The van der Waals surface area contributed by atoms with E-state index in [0.717, 1.165) is 16.8 Å². The first-order chi connectivity index (χ1) is 13.1. The van der Waals surface area contributed by atoms with Gasteiger partial charge in [0.05, 0.1) is 12.6 Å². The third kappa shape index (κ3) is 7.83. The van der Waals surface area contributed by atoms with Crippen LogP contribution in [-0.4, -0.2) is 64.3 Å². The molecule has 2 rings (SSSR count). The maximum atomic E-state index is 11.8. The molecule has 1 aromatic heterocycles. The predicted octanol–water partition coefficient (Wildman–Crippen LogP) is -5.60. The van der Waals surface area contributed by atoms with E-state index in [-0.39, 0.29) is 35.0 Å². The SMILES string of the molecule is N=c1ccn([C@@H]2O[C@H](COP(=O)(O)OP(=O)(O)OP(=O)(O)O)[C@@H](O)[C@H]2O)c([O-])n1.[Na+]. The van der Waals surface area contributed by atoms with E-state index < -0.39 is 60.6 Å². The van der Waals surface area contributed by atoms with Crippen molar-refractivity contribution in [2.45, 2.75) is 24.5 Å². The molecular formula is C9H15N3NaO14P3. The maximum Gasteiger partial charge on any atom is 1.00 e. The van der Waals surface area contributed by atoms with E-state index in [1.165, 1.54) is 0 Å². The Morgan fingerprint density at radius 3 is 2.27 bits per heavy atom. The molecule has 2 unspecified atom stereocenters. The first-order valence-corrected chi connectivity index (χ1v) is 11.7. The Balaban J connectivity index is 0.00000450. The monoisotopic (exact) mass is 505 g/mol. The number of rotatable bonds is 8. The summed E-state index contributed by atoms with van der Waals surface area (Å²) in [6, 6.07) is 0.0887. The van der Waals surface area contributed by atoms with Crippen molar-refractivity contribution in [3.05, 3.63) is 17.8 Å². The number of phosphoric acid groups is 3. The van der Waals surface area contributed by atoms with E-state index in [1.54, 1.807) is 0 Å². The van der Waals surface area contributed by atoms with Crippen molar-refractivity contribution in [2.24, 2.45) is 0 Å². The molecule has 1 fully saturated rings. The van der Waals surface area contributed by atoms with Crippen LogP contribution in [0, 0.1) is 5.41 Å². The van der Waals surface area contributed by atoms with Gasteiger partial charge in [0.25, 0.3) is 0 Å². The summed E-state index contributed by atoms with van der Waals surface area (Å²) in [4.78, 5) is 38.6. The molecule has 17 nitrogen and oxygen atoms in total. The zero-order chi connectivity index (χ0) is 22.2. The summed E-state index contributed by atoms with van der Waals surface area (Å²) >= 11 is 0. The van der Waals surface area contributed by atoms with Crippen molar-refractivity contribution < 1.29 is 96.0 Å². The van der Waals surface area contributed by atoms with E-state index in [4.69, 9.17) is 24.8 Å². The molecule has 6 atom stereocenters. The van der Waals surface area contributed by atoms with Gasteiger partial charge >= 0.3 is 53.0 Å². The minimum atomic E-state index is -5.72. The molecular weight excluding hydrogens is 490 g/mol. The Morgan fingerprint density at radius 1 is 1.13 bits per heavy atom. The molecule has 0 bridgehead atoms. The molecule has 1 aliphatic rings. The number of aliphatic hydroxyl groups excluding tert-OH is 2. The topological polar surface area (TPSA) is 274 Å². The van der Waals surface area contributed by atoms with Crippen LogP contribution in [0.4, 0.5) is 0 Å². The average molecular weight is 505 g/mol. The molecule has 0 aliphatic carbocycles. The van der Waals surface area contributed by atoms with Gasteiger partial charge in [0.1, 0.15) is 23.8 Å². The van der Waals surface area contributed by atoms with Crippen LogP contribution in [0.2, 0.25) is 0 Å². The van der Waals surface area contributed by atoms with Crippen LogP contribution in [0.3, 0.4) is 0 Å². The first kappa shape index (κ1) is 28.0. The molecule has 30 heavy (non-hydrogen) atoms. The second kappa shape index (κ2) is 10.3. The fourth-order valence-corrected chi connectivity index (χ4v) is 5.20. The first-order valence-electron chi connectivity index (χ1n) is 7.21. The molecule has 21 heteroatoms. The van der Waals surface area contributed by atoms with Crippen molar-refractivity contribution in [2.75, 3.05) is 6.61 Å². The van der Waals surface area contributed by atoms with Gasteiger partial charge in [-0.15, -0.1) is 0 Å². The second-order valence-electron chi connectivity index (χ2n) is 5.44. The summed E-state index contributed by atoms with van der Waals surface area (Å²) in [5.41, 5.74) is -0.372. The number of phosphoric ester groups is 1. The van der Waals surface area contributed by atoms with Gasteiger partial charge < -0.3 is 44.2 Å².